The fraction of sp³-hybridized carbons (Fsp3) is 0.250. The SMILES string of the molecule is COc1ccc(C)c([Si](O[Si](c2cc(OC)ccc2C)c2cc(OC)ccc2C)c2cc(OC)ccc2C)c1. The molecule has 4 aromatic carbocycles. The van der Waals surface area contributed by atoms with Crippen LogP contribution in [0.15, 0.2) is 72.8 Å². The van der Waals surface area contributed by atoms with Crippen LogP contribution in [0.5, 0.6) is 23.0 Å². The van der Waals surface area contributed by atoms with Crippen molar-refractivity contribution in [1.82, 2.24) is 0 Å². The number of rotatable bonds is 10. The Hall–Kier alpha value is -3.53. The molecular formula is C32H36O5Si2. The summed E-state index contributed by atoms with van der Waals surface area (Å²) in [6, 6.07) is 24.9. The summed E-state index contributed by atoms with van der Waals surface area (Å²) in [5, 5.41) is 4.61. The van der Waals surface area contributed by atoms with Crippen LogP contribution in [0.1, 0.15) is 22.3 Å². The largest absolute Gasteiger partial charge is 0.497 e. The van der Waals surface area contributed by atoms with E-state index in [1.54, 1.807) is 28.4 Å². The molecule has 5 nitrogen and oxygen atoms in total. The van der Waals surface area contributed by atoms with E-state index in [0.717, 1.165) is 66.0 Å². The highest BCUT2D eigenvalue weighted by atomic mass is 28.4. The molecular weight excluding hydrogens is 521 g/mol. The Morgan fingerprint density at radius 3 is 0.821 bits per heavy atom. The van der Waals surface area contributed by atoms with Gasteiger partial charge in [-0.2, -0.15) is 0 Å². The van der Waals surface area contributed by atoms with Crippen molar-refractivity contribution in [3.05, 3.63) is 95.1 Å². The van der Waals surface area contributed by atoms with Crippen molar-refractivity contribution in [3.8, 4) is 23.0 Å². The number of methoxy groups -OCH3 is 4. The van der Waals surface area contributed by atoms with Gasteiger partial charge in [-0.3, -0.25) is 0 Å². The molecule has 4 rings (SSSR count). The number of aryl methyl sites for hydroxylation is 4. The van der Waals surface area contributed by atoms with Gasteiger partial charge in [-0.25, -0.2) is 0 Å². The lowest BCUT2D eigenvalue weighted by Crippen LogP contribution is -2.58. The van der Waals surface area contributed by atoms with Crippen molar-refractivity contribution in [2.24, 2.45) is 0 Å². The molecule has 39 heavy (non-hydrogen) atoms. The van der Waals surface area contributed by atoms with E-state index in [2.05, 4.69) is 76.2 Å². The summed E-state index contributed by atoms with van der Waals surface area (Å²) in [6.07, 6.45) is 0. The molecule has 0 aliphatic carbocycles. The summed E-state index contributed by atoms with van der Waals surface area (Å²) < 4.78 is 30.1. The van der Waals surface area contributed by atoms with E-state index < -0.39 is 18.1 Å². The summed E-state index contributed by atoms with van der Waals surface area (Å²) in [5.74, 6) is 3.24. The summed E-state index contributed by atoms with van der Waals surface area (Å²) in [7, 11) is 3.24. The van der Waals surface area contributed by atoms with Gasteiger partial charge in [0.1, 0.15) is 23.0 Å². The van der Waals surface area contributed by atoms with Crippen molar-refractivity contribution in [3.63, 3.8) is 0 Å². The molecule has 0 N–H and O–H groups in total. The van der Waals surface area contributed by atoms with Crippen LogP contribution in [-0.2, 0) is 4.12 Å². The van der Waals surface area contributed by atoms with Gasteiger partial charge < -0.3 is 23.1 Å². The molecule has 0 amide bonds. The molecule has 202 valence electrons. The van der Waals surface area contributed by atoms with Crippen LogP contribution < -0.4 is 39.7 Å². The average Bonchev–Trinajstić information content (AvgIpc) is 2.96. The Morgan fingerprint density at radius 1 is 0.385 bits per heavy atom. The van der Waals surface area contributed by atoms with Crippen LogP contribution in [0, 0.1) is 27.7 Å². The third-order valence-corrected chi connectivity index (χ3v) is 12.7. The molecule has 0 bridgehead atoms. The quantitative estimate of drug-likeness (QED) is 0.278. The summed E-state index contributed by atoms with van der Waals surface area (Å²) in [5.41, 5.74) is 4.66. The average molecular weight is 557 g/mol. The Balaban J connectivity index is 1.99. The minimum atomic E-state index is -1.78. The van der Waals surface area contributed by atoms with Crippen LogP contribution in [0.3, 0.4) is 0 Å². The van der Waals surface area contributed by atoms with E-state index in [1.165, 1.54) is 0 Å². The Morgan fingerprint density at radius 2 is 0.615 bits per heavy atom. The first-order chi connectivity index (χ1) is 18.8. The molecule has 2 radical (unpaired) electrons. The molecule has 0 saturated heterocycles. The van der Waals surface area contributed by atoms with Gasteiger partial charge in [-0.05, 0) is 119 Å². The predicted molar refractivity (Wildman–Crippen MR) is 162 cm³/mol. The van der Waals surface area contributed by atoms with Crippen LogP contribution in [-0.4, -0.2) is 46.5 Å². The van der Waals surface area contributed by atoms with E-state index in [1.807, 2.05) is 24.3 Å². The van der Waals surface area contributed by atoms with Gasteiger partial charge in [0.05, 0.1) is 28.4 Å². The smallest absolute Gasteiger partial charge is 0.273 e. The minimum absolute atomic E-state index is 0.811. The highest BCUT2D eigenvalue weighted by Gasteiger charge is 2.33. The number of hydrogen-bond donors (Lipinski definition) is 0. The van der Waals surface area contributed by atoms with Crippen molar-refractivity contribution < 1.29 is 23.1 Å². The van der Waals surface area contributed by atoms with Crippen molar-refractivity contribution in [1.29, 1.82) is 0 Å². The molecule has 0 fully saturated rings. The molecule has 0 unspecified atom stereocenters. The number of hydrogen-bond acceptors (Lipinski definition) is 5. The normalized spacial score (nSPS) is 11.1. The highest BCUT2D eigenvalue weighted by Crippen LogP contribution is 2.18. The molecule has 0 atom stereocenters. The Kier molecular flexibility index (Phi) is 9.17. The summed E-state index contributed by atoms with van der Waals surface area (Å²) >= 11 is 0. The number of ether oxygens (including phenoxy) is 4. The lowest BCUT2D eigenvalue weighted by Gasteiger charge is -2.28. The molecule has 0 saturated carbocycles. The second kappa shape index (κ2) is 12.6. The van der Waals surface area contributed by atoms with Crippen molar-refractivity contribution in [2.45, 2.75) is 27.7 Å². The van der Waals surface area contributed by atoms with Gasteiger partial charge in [-0.1, -0.05) is 24.3 Å². The zero-order chi connectivity index (χ0) is 28.1. The zero-order valence-electron chi connectivity index (χ0n) is 24.0. The summed E-state index contributed by atoms with van der Waals surface area (Å²) in [4.78, 5) is 0. The molecule has 0 aliphatic heterocycles. The lowest BCUT2D eigenvalue weighted by molar-refractivity contribution is 0.415. The van der Waals surface area contributed by atoms with E-state index in [0.29, 0.717) is 0 Å². The van der Waals surface area contributed by atoms with Crippen LogP contribution in [0.4, 0.5) is 0 Å². The second-order valence-corrected chi connectivity index (χ2v) is 13.8. The fourth-order valence-corrected chi connectivity index (χ4v) is 10.5. The topological polar surface area (TPSA) is 46.2 Å². The molecule has 0 heterocycles. The van der Waals surface area contributed by atoms with Crippen LogP contribution in [0.25, 0.3) is 0 Å². The first kappa shape index (κ1) is 28.5. The molecule has 0 spiro atoms. The fourth-order valence-electron chi connectivity index (χ4n) is 4.50. The third-order valence-electron chi connectivity index (χ3n) is 6.96. The zero-order valence-corrected chi connectivity index (χ0v) is 26.0. The first-order valence-corrected chi connectivity index (χ1v) is 15.6. The molecule has 7 heteroatoms. The van der Waals surface area contributed by atoms with E-state index >= 15 is 0 Å². The predicted octanol–water partition coefficient (Wildman–Crippen LogP) is 3.88. The van der Waals surface area contributed by atoms with Crippen LogP contribution >= 0.6 is 0 Å². The van der Waals surface area contributed by atoms with Crippen LogP contribution in [0.2, 0.25) is 0 Å². The van der Waals surface area contributed by atoms with Gasteiger partial charge in [0, 0.05) is 0 Å². The third kappa shape index (κ3) is 6.22. The Bertz CT molecular complexity index is 1240. The second-order valence-electron chi connectivity index (χ2n) is 9.48. The monoisotopic (exact) mass is 556 g/mol. The maximum Gasteiger partial charge on any atom is 0.273 e. The first-order valence-electron chi connectivity index (χ1n) is 12.8. The molecule has 4 aromatic rings. The van der Waals surface area contributed by atoms with E-state index in [4.69, 9.17) is 23.1 Å². The number of benzene rings is 4. The maximum atomic E-state index is 7.50. The van der Waals surface area contributed by atoms with Gasteiger partial charge >= 0.3 is 0 Å². The molecule has 0 aliphatic rings. The Labute approximate surface area is 235 Å². The lowest BCUT2D eigenvalue weighted by atomic mass is 10.2. The molecule has 0 aromatic heterocycles. The van der Waals surface area contributed by atoms with Crippen molar-refractivity contribution >= 4 is 38.8 Å². The van der Waals surface area contributed by atoms with Gasteiger partial charge in [0.25, 0.3) is 18.1 Å². The standard InChI is InChI=1S/C32H36O5Si2/c1-21-9-13-25(33-5)17-29(21)38(30-18-26(34-6)14-10-22(30)2)37-39(31-19-27(35-7)15-11-23(31)3)32-20-28(36-8)16-12-24(32)4/h9-20H,1-8H3. The van der Waals surface area contributed by atoms with E-state index in [-0.39, 0.29) is 0 Å². The minimum Gasteiger partial charge on any atom is -0.497 e. The van der Waals surface area contributed by atoms with Gasteiger partial charge in [0.2, 0.25) is 0 Å². The van der Waals surface area contributed by atoms with Gasteiger partial charge in [0.15, 0.2) is 0 Å². The summed E-state index contributed by atoms with van der Waals surface area (Å²) in [6.45, 7) is 8.55. The van der Waals surface area contributed by atoms with Crippen molar-refractivity contribution in [2.75, 3.05) is 28.4 Å². The maximum absolute atomic E-state index is 7.50. The van der Waals surface area contributed by atoms with E-state index in [9.17, 15) is 0 Å². The van der Waals surface area contributed by atoms with Gasteiger partial charge in [-0.15, -0.1) is 0 Å². The highest BCUT2D eigenvalue weighted by molar-refractivity contribution is 6.92.